The lowest BCUT2D eigenvalue weighted by atomic mass is 10.1. The molecule has 18 heavy (non-hydrogen) atoms. The van der Waals surface area contributed by atoms with Crippen LogP contribution in [0.4, 0.5) is 0 Å². The van der Waals surface area contributed by atoms with E-state index in [1.165, 1.54) is 0 Å². The molecule has 1 aliphatic carbocycles. The average Bonchev–Trinajstić information content (AvgIpc) is 3.08. The Morgan fingerprint density at radius 3 is 2.72 bits per heavy atom. The average molecular weight is 268 g/mol. The molecule has 1 aromatic carbocycles. The fourth-order valence-electron chi connectivity index (χ4n) is 1.94. The number of aliphatic carboxylic acids is 1. The number of hydrogen-bond donors (Lipinski definition) is 2. The molecule has 0 spiro atoms. The lowest BCUT2D eigenvalue weighted by Gasteiger charge is -2.14. The number of nitrogens with one attached hydrogen (secondary N) is 1. The molecule has 1 saturated carbocycles. The molecule has 0 bridgehead atoms. The molecule has 0 saturated heterocycles. The third-order valence-corrected chi connectivity index (χ3v) is 3.39. The molecule has 3 atom stereocenters. The van der Waals surface area contributed by atoms with Crippen molar-refractivity contribution in [2.45, 2.75) is 19.4 Å². The molecule has 0 heterocycles. The van der Waals surface area contributed by atoms with Crippen LogP contribution in [0.3, 0.4) is 0 Å². The van der Waals surface area contributed by atoms with E-state index in [0.717, 1.165) is 5.56 Å². The van der Waals surface area contributed by atoms with Gasteiger partial charge in [-0.2, -0.15) is 0 Å². The Morgan fingerprint density at radius 2 is 2.17 bits per heavy atom. The van der Waals surface area contributed by atoms with Crippen LogP contribution in [0.2, 0.25) is 5.02 Å². The second-order valence-corrected chi connectivity index (χ2v) is 5.01. The topological polar surface area (TPSA) is 66.4 Å². The first kappa shape index (κ1) is 12.9. The second kappa shape index (κ2) is 4.98. The number of carboxylic acid groups (broad SMARTS) is 1. The van der Waals surface area contributed by atoms with Crippen LogP contribution in [0.15, 0.2) is 24.3 Å². The first-order valence-electron chi connectivity index (χ1n) is 5.77. The van der Waals surface area contributed by atoms with E-state index in [1.54, 1.807) is 12.1 Å². The number of benzene rings is 1. The summed E-state index contributed by atoms with van der Waals surface area (Å²) in [4.78, 5) is 22.5. The zero-order chi connectivity index (χ0) is 13.3. The van der Waals surface area contributed by atoms with E-state index >= 15 is 0 Å². The van der Waals surface area contributed by atoms with Gasteiger partial charge in [0.05, 0.1) is 17.9 Å². The monoisotopic (exact) mass is 267 g/mol. The van der Waals surface area contributed by atoms with E-state index in [1.807, 2.05) is 19.1 Å². The van der Waals surface area contributed by atoms with Crippen molar-refractivity contribution in [1.29, 1.82) is 0 Å². The summed E-state index contributed by atoms with van der Waals surface area (Å²) in [6.07, 6.45) is 0.434. The minimum Gasteiger partial charge on any atom is -0.481 e. The maximum Gasteiger partial charge on any atom is 0.307 e. The van der Waals surface area contributed by atoms with Crippen molar-refractivity contribution in [2.75, 3.05) is 0 Å². The summed E-state index contributed by atoms with van der Waals surface area (Å²) in [5.41, 5.74) is 0.906. The number of halogens is 1. The summed E-state index contributed by atoms with van der Waals surface area (Å²) in [5, 5.41) is 12.2. The molecule has 0 radical (unpaired) electrons. The Bertz CT molecular complexity index is 489. The maximum absolute atomic E-state index is 11.8. The predicted molar refractivity (Wildman–Crippen MR) is 67.2 cm³/mol. The predicted octanol–water partition coefficient (Wildman–Crippen LogP) is 2.24. The molecule has 0 aliphatic heterocycles. The number of carbonyl (C=O) groups is 2. The Kier molecular flexibility index (Phi) is 3.57. The summed E-state index contributed by atoms with van der Waals surface area (Å²) in [6, 6.07) is 7.07. The van der Waals surface area contributed by atoms with Crippen molar-refractivity contribution in [2.24, 2.45) is 11.8 Å². The van der Waals surface area contributed by atoms with Crippen LogP contribution in [-0.4, -0.2) is 17.0 Å². The number of rotatable bonds is 4. The normalized spacial score (nSPS) is 23.2. The molecule has 2 N–H and O–H groups in total. The van der Waals surface area contributed by atoms with Gasteiger partial charge in [-0.3, -0.25) is 9.59 Å². The third kappa shape index (κ3) is 2.82. The zero-order valence-electron chi connectivity index (χ0n) is 9.89. The third-order valence-electron chi connectivity index (χ3n) is 3.15. The highest BCUT2D eigenvalue weighted by atomic mass is 35.5. The second-order valence-electron chi connectivity index (χ2n) is 4.57. The van der Waals surface area contributed by atoms with E-state index in [2.05, 4.69) is 5.32 Å². The molecule has 0 unspecified atom stereocenters. The highest BCUT2D eigenvalue weighted by molar-refractivity contribution is 6.30. The van der Waals surface area contributed by atoms with Crippen molar-refractivity contribution in [3.8, 4) is 0 Å². The van der Waals surface area contributed by atoms with Gasteiger partial charge in [0.2, 0.25) is 5.91 Å². The van der Waals surface area contributed by atoms with Crippen LogP contribution in [-0.2, 0) is 9.59 Å². The standard InChI is InChI=1S/C13H14ClNO3/c1-7(8-3-2-4-9(14)5-8)15-12(16)10-6-11(10)13(17)18/h2-5,7,10-11H,6H2,1H3,(H,15,16)(H,17,18)/t7-,10+,11+/m1/s1. The van der Waals surface area contributed by atoms with Gasteiger partial charge in [-0.1, -0.05) is 23.7 Å². The molecular formula is C13H14ClNO3. The van der Waals surface area contributed by atoms with E-state index < -0.39 is 11.9 Å². The molecule has 1 aliphatic rings. The van der Waals surface area contributed by atoms with Crippen LogP contribution in [0.1, 0.15) is 24.9 Å². The maximum atomic E-state index is 11.8. The Balaban J connectivity index is 1.94. The first-order valence-corrected chi connectivity index (χ1v) is 6.15. The van der Waals surface area contributed by atoms with Gasteiger partial charge in [0.25, 0.3) is 0 Å². The van der Waals surface area contributed by atoms with Crippen LogP contribution >= 0.6 is 11.6 Å². The van der Waals surface area contributed by atoms with Gasteiger partial charge in [0.1, 0.15) is 0 Å². The van der Waals surface area contributed by atoms with Crippen LogP contribution < -0.4 is 5.32 Å². The molecule has 2 rings (SSSR count). The number of hydrogen-bond acceptors (Lipinski definition) is 2. The fourth-order valence-corrected chi connectivity index (χ4v) is 2.14. The molecule has 1 aromatic rings. The van der Waals surface area contributed by atoms with E-state index in [9.17, 15) is 9.59 Å². The van der Waals surface area contributed by atoms with E-state index in [4.69, 9.17) is 16.7 Å². The highest BCUT2D eigenvalue weighted by Crippen LogP contribution is 2.39. The van der Waals surface area contributed by atoms with Gasteiger partial charge in [-0.05, 0) is 31.0 Å². The van der Waals surface area contributed by atoms with Crippen molar-refractivity contribution in [3.63, 3.8) is 0 Å². The lowest BCUT2D eigenvalue weighted by molar-refractivity contribution is -0.140. The van der Waals surface area contributed by atoms with Crippen LogP contribution in [0.25, 0.3) is 0 Å². The van der Waals surface area contributed by atoms with Gasteiger partial charge < -0.3 is 10.4 Å². The SMILES string of the molecule is C[C@@H](NC(=O)[C@H]1C[C@@H]1C(=O)O)c1cccc(Cl)c1. The molecule has 1 amide bonds. The van der Waals surface area contributed by atoms with Gasteiger partial charge in [-0.15, -0.1) is 0 Å². The summed E-state index contributed by atoms with van der Waals surface area (Å²) in [5.74, 6) is -2.00. The van der Waals surface area contributed by atoms with E-state index in [0.29, 0.717) is 11.4 Å². The summed E-state index contributed by atoms with van der Waals surface area (Å²) < 4.78 is 0. The number of amides is 1. The smallest absolute Gasteiger partial charge is 0.307 e. The fraction of sp³-hybridized carbons (Fsp3) is 0.385. The Hall–Kier alpha value is -1.55. The van der Waals surface area contributed by atoms with E-state index in [-0.39, 0.29) is 17.9 Å². The first-order chi connectivity index (χ1) is 8.49. The molecule has 96 valence electrons. The Labute approximate surface area is 110 Å². The number of carboxylic acids is 1. The summed E-state index contributed by atoms with van der Waals surface area (Å²) in [6.45, 7) is 1.85. The van der Waals surface area contributed by atoms with Gasteiger partial charge >= 0.3 is 5.97 Å². The minimum atomic E-state index is -0.898. The Morgan fingerprint density at radius 1 is 1.44 bits per heavy atom. The van der Waals surface area contributed by atoms with Crippen LogP contribution in [0.5, 0.6) is 0 Å². The van der Waals surface area contributed by atoms with Crippen molar-refractivity contribution in [1.82, 2.24) is 5.32 Å². The molecule has 5 heteroatoms. The van der Waals surface area contributed by atoms with Crippen molar-refractivity contribution >= 4 is 23.5 Å². The van der Waals surface area contributed by atoms with Crippen molar-refractivity contribution in [3.05, 3.63) is 34.9 Å². The lowest BCUT2D eigenvalue weighted by Crippen LogP contribution is -2.29. The quantitative estimate of drug-likeness (QED) is 0.879. The summed E-state index contributed by atoms with van der Waals surface area (Å²) in [7, 11) is 0. The minimum absolute atomic E-state index is 0.175. The van der Waals surface area contributed by atoms with Gasteiger partial charge in [0.15, 0.2) is 0 Å². The molecule has 4 nitrogen and oxygen atoms in total. The van der Waals surface area contributed by atoms with Gasteiger partial charge in [0, 0.05) is 5.02 Å². The summed E-state index contributed by atoms with van der Waals surface area (Å²) >= 11 is 5.87. The van der Waals surface area contributed by atoms with Crippen molar-refractivity contribution < 1.29 is 14.7 Å². The van der Waals surface area contributed by atoms with Crippen LogP contribution in [0, 0.1) is 11.8 Å². The highest BCUT2D eigenvalue weighted by Gasteiger charge is 2.48. The molecule has 0 aromatic heterocycles. The largest absolute Gasteiger partial charge is 0.481 e. The molecular weight excluding hydrogens is 254 g/mol. The molecule has 1 fully saturated rings. The number of carbonyl (C=O) groups excluding carboxylic acids is 1. The zero-order valence-corrected chi connectivity index (χ0v) is 10.6. The van der Waals surface area contributed by atoms with Gasteiger partial charge in [-0.25, -0.2) is 0 Å².